The molecular formula is C13H21N3O3S. The van der Waals surface area contributed by atoms with Gasteiger partial charge in [0.2, 0.25) is 10.0 Å². The van der Waals surface area contributed by atoms with Crippen molar-refractivity contribution in [2.24, 2.45) is 5.41 Å². The van der Waals surface area contributed by atoms with Crippen LogP contribution >= 0.6 is 0 Å². The van der Waals surface area contributed by atoms with Crippen molar-refractivity contribution < 1.29 is 13.5 Å². The van der Waals surface area contributed by atoms with Crippen LogP contribution in [0.5, 0.6) is 0 Å². The molecule has 7 heteroatoms. The Morgan fingerprint density at radius 1 is 1.40 bits per heavy atom. The lowest BCUT2D eigenvalue weighted by Crippen LogP contribution is -2.22. The highest BCUT2D eigenvalue weighted by atomic mass is 32.2. The van der Waals surface area contributed by atoms with Gasteiger partial charge in [-0.05, 0) is 49.9 Å². The van der Waals surface area contributed by atoms with Crippen LogP contribution in [0.25, 0.3) is 0 Å². The summed E-state index contributed by atoms with van der Waals surface area (Å²) in [5, 5.41) is 12.2. The molecule has 1 aliphatic carbocycles. The first kappa shape index (κ1) is 15.1. The molecule has 0 amide bonds. The molecule has 2 rings (SSSR count). The van der Waals surface area contributed by atoms with Crippen molar-refractivity contribution in [2.45, 2.75) is 24.2 Å². The molecule has 0 atom stereocenters. The summed E-state index contributed by atoms with van der Waals surface area (Å²) in [6, 6.07) is 4.79. The highest BCUT2D eigenvalue weighted by Crippen LogP contribution is 2.48. The minimum atomic E-state index is -3.55. The highest BCUT2D eigenvalue weighted by Gasteiger charge is 2.41. The number of hydrogen-bond acceptors (Lipinski definition) is 5. The normalized spacial score (nSPS) is 16.9. The van der Waals surface area contributed by atoms with E-state index < -0.39 is 10.0 Å². The largest absolute Gasteiger partial charge is 0.399 e. The van der Waals surface area contributed by atoms with Gasteiger partial charge in [-0.2, -0.15) is 0 Å². The summed E-state index contributed by atoms with van der Waals surface area (Å²) < 4.78 is 26.3. The second kappa shape index (κ2) is 5.59. The molecule has 0 radical (unpaired) electrons. The Hall–Kier alpha value is -1.31. The predicted molar refractivity (Wildman–Crippen MR) is 79.0 cm³/mol. The molecule has 0 aliphatic heterocycles. The van der Waals surface area contributed by atoms with E-state index in [2.05, 4.69) is 10.0 Å². The van der Waals surface area contributed by atoms with Gasteiger partial charge in [-0.1, -0.05) is 0 Å². The number of nitrogens with two attached hydrogens (primary N) is 1. The Morgan fingerprint density at radius 2 is 2.10 bits per heavy atom. The van der Waals surface area contributed by atoms with Gasteiger partial charge in [-0.25, -0.2) is 13.1 Å². The van der Waals surface area contributed by atoms with Gasteiger partial charge < -0.3 is 16.2 Å². The van der Waals surface area contributed by atoms with Crippen molar-refractivity contribution in [3.63, 3.8) is 0 Å². The molecule has 112 valence electrons. The first-order chi connectivity index (χ1) is 9.42. The van der Waals surface area contributed by atoms with Gasteiger partial charge in [-0.3, -0.25) is 0 Å². The summed E-state index contributed by atoms with van der Waals surface area (Å²) in [7, 11) is -2.18. The predicted octanol–water partition coefficient (Wildman–Crippen LogP) is 0.751. The average molecular weight is 299 g/mol. The molecule has 1 aromatic rings. The van der Waals surface area contributed by atoms with E-state index in [0.717, 1.165) is 19.3 Å². The molecule has 0 bridgehead atoms. The van der Waals surface area contributed by atoms with Gasteiger partial charge in [0, 0.05) is 18.8 Å². The van der Waals surface area contributed by atoms with Gasteiger partial charge in [0.15, 0.2) is 0 Å². The monoisotopic (exact) mass is 299 g/mol. The SMILES string of the molecule is CNS(=O)(=O)c1cc(N)ccc1NCC1(CCO)CC1. The minimum absolute atomic E-state index is 0.108. The Bertz CT molecular complexity index is 583. The summed E-state index contributed by atoms with van der Waals surface area (Å²) in [6.45, 7) is 0.814. The number of nitrogen functional groups attached to an aromatic ring is 1. The van der Waals surface area contributed by atoms with E-state index in [0.29, 0.717) is 17.9 Å². The van der Waals surface area contributed by atoms with Crippen LogP contribution in [0.15, 0.2) is 23.1 Å². The third-order valence-electron chi connectivity index (χ3n) is 3.82. The molecule has 1 saturated carbocycles. The van der Waals surface area contributed by atoms with Crippen molar-refractivity contribution in [1.29, 1.82) is 0 Å². The topological polar surface area (TPSA) is 104 Å². The molecule has 0 spiro atoms. The summed E-state index contributed by atoms with van der Waals surface area (Å²) in [6.07, 6.45) is 2.86. The molecule has 1 fully saturated rings. The number of hydrogen-bond donors (Lipinski definition) is 4. The smallest absolute Gasteiger partial charge is 0.242 e. The number of aliphatic hydroxyl groups excluding tert-OH is 1. The van der Waals surface area contributed by atoms with Crippen molar-refractivity contribution in [3.05, 3.63) is 18.2 Å². The quantitative estimate of drug-likeness (QED) is 0.556. The molecule has 6 nitrogen and oxygen atoms in total. The Balaban J connectivity index is 2.20. The van der Waals surface area contributed by atoms with Gasteiger partial charge in [-0.15, -0.1) is 0 Å². The van der Waals surface area contributed by atoms with E-state index in [-0.39, 0.29) is 16.9 Å². The Morgan fingerprint density at radius 3 is 2.65 bits per heavy atom. The maximum absolute atomic E-state index is 12.0. The van der Waals surface area contributed by atoms with Crippen LogP contribution in [0.4, 0.5) is 11.4 Å². The number of anilines is 2. The van der Waals surface area contributed by atoms with Gasteiger partial charge in [0.05, 0.1) is 5.69 Å². The van der Waals surface area contributed by atoms with E-state index >= 15 is 0 Å². The highest BCUT2D eigenvalue weighted by molar-refractivity contribution is 7.89. The summed E-state index contributed by atoms with van der Waals surface area (Å²) >= 11 is 0. The molecule has 0 heterocycles. The van der Waals surface area contributed by atoms with Crippen molar-refractivity contribution in [3.8, 4) is 0 Å². The summed E-state index contributed by atoms with van der Waals surface area (Å²) in [4.78, 5) is 0.153. The molecule has 20 heavy (non-hydrogen) atoms. The molecular weight excluding hydrogens is 278 g/mol. The first-order valence-corrected chi connectivity index (χ1v) is 8.09. The van der Waals surface area contributed by atoms with E-state index in [4.69, 9.17) is 10.8 Å². The van der Waals surface area contributed by atoms with Crippen LogP contribution in [0.1, 0.15) is 19.3 Å². The standard InChI is InChI=1S/C13H21N3O3S/c1-15-20(18,19)12-8-10(14)2-3-11(12)16-9-13(4-5-13)6-7-17/h2-3,8,15-17H,4-7,9,14H2,1H3. The maximum Gasteiger partial charge on any atom is 0.242 e. The van der Waals surface area contributed by atoms with Crippen LogP contribution in [0, 0.1) is 5.41 Å². The number of aliphatic hydroxyl groups is 1. The Labute approximate surface area is 119 Å². The zero-order valence-corrected chi connectivity index (χ0v) is 12.3. The number of sulfonamides is 1. The van der Waals surface area contributed by atoms with Gasteiger partial charge in [0.1, 0.15) is 4.90 Å². The van der Waals surface area contributed by atoms with Crippen molar-refractivity contribution >= 4 is 21.4 Å². The molecule has 0 saturated heterocycles. The van der Waals surface area contributed by atoms with Crippen LogP contribution in [0.2, 0.25) is 0 Å². The zero-order valence-electron chi connectivity index (χ0n) is 11.5. The molecule has 1 aliphatic rings. The lowest BCUT2D eigenvalue weighted by molar-refractivity contribution is 0.253. The van der Waals surface area contributed by atoms with E-state index in [1.807, 2.05) is 0 Å². The summed E-state index contributed by atoms with van der Waals surface area (Å²) in [5.41, 5.74) is 6.72. The van der Waals surface area contributed by atoms with Crippen LogP contribution in [-0.4, -0.2) is 33.7 Å². The molecule has 0 unspecified atom stereocenters. The number of benzene rings is 1. The third-order valence-corrected chi connectivity index (χ3v) is 5.27. The average Bonchev–Trinajstić information content (AvgIpc) is 3.18. The number of nitrogens with one attached hydrogen (secondary N) is 2. The zero-order chi connectivity index (χ0) is 14.8. The summed E-state index contributed by atoms with van der Waals surface area (Å²) in [5.74, 6) is 0. The fourth-order valence-corrected chi connectivity index (χ4v) is 3.17. The molecule has 1 aromatic carbocycles. The van der Waals surface area contributed by atoms with E-state index in [9.17, 15) is 8.42 Å². The Kier molecular flexibility index (Phi) is 4.22. The third kappa shape index (κ3) is 3.23. The maximum atomic E-state index is 12.0. The van der Waals surface area contributed by atoms with E-state index in [1.165, 1.54) is 13.1 Å². The van der Waals surface area contributed by atoms with Gasteiger partial charge in [0.25, 0.3) is 0 Å². The van der Waals surface area contributed by atoms with Gasteiger partial charge >= 0.3 is 0 Å². The lowest BCUT2D eigenvalue weighted by atomic mass is 10.0. The second-order valence-electron chi connectivity index (χ2n) is 5.29. The van der Waals surface area contributed by atoms with Crippen molar-refractivity contribution in [1.82, 2.24) is 4.72 Å². The lowest BCUT2D eigenvalue weighted by Gasteiger charge is -2.18. The molecule has 5 N–H and O–H groups in total. The van der Waals surface area contributed by atoms with Crippen LogP contribution in [-0.2, 0) is 10.0 Å². The second-order valence-corrected chi connectivity index (χ2v) is 7.15. The van der Waals surface area contributed by atoms with Crippen LogP contribution < -0.4 is 15.8 Å². The van der Waals surface area contributed by atoms with E-state index in [1.54, 1.807) is 12.1 Å². The molecule has 0 aromatic heterocycles. The minimum Gasteiger partial charge on any atom is -0.399 e. The fourth-order valence-electron chi connectivity index (χ4n) is 2.23. The van der Waals surface area contributed by atoms with Crippen molar-refractivity contribution in [2.75, 3.05) is 31.2 Å². The first-order valence-electron chi connectivity index (χ1n) is 6.60. The number of rotatable bonds is 7. The van der Waals surface area contributed by atoms with Crippen LogP contribution in [0.3, 0.4) is 0 Å². The fraction of sp³-hybridized carbons (Fsp3) is 0.538.